The minimum Gasteiger partial charge on any atom is -0.493 e. The van der Waals surface area contributed by atoms with Crippen molar-refractivity contribution in [3.8, 4) is 17.2 Å². The van der Waals surface area contributed by atoms with Gasteiger partial charge in [-0.1, -0.05) is 24.3 Å². The Labute approximate surface area is 153 Å². The molecule has 0 spiro atoms. The van der Waals surface area contributed by atoms with Crippen LogP contribution in [0, 0.1) is 0 Å². The Morgan fingerprint density at radius 3 is 2.19 bits per heavy atom. The molecule has 0 radical (unpaired) electrons. The maximum absolute atomic E-state index is 12.3. The zero-order valence-corrected chi connectivity index (χ0v) is 15.2. The Balaban J connectivity index is 1.69. The lowest BCUT2D eigenvalue weighted by atomic mass is 10.1. The zero-order chi connectivity index (χ0) is 18.5. The molecule has 0 aromatic heterocycles. The summed E-state index contributed by atoms with van der Waals surface area (Å²) in [6.45, 7) is 0. The summed E-state index contributed by atoms with van der Waals surface area (Å²) in [5.74, 6) is 1.49. The van der Waals surface area contributed by atoms with Gasteiger partial charge in [0.25, 0.3) is 0 Å². The van der Waals surface area contributed by atoms with Gasteiger partial charge in [0, 0.05) is 17.7 Å². The number of carbonyl (C=O) groups excluding carboxylic acids is 1. The molecule has 5 heteroatoms. The van der Waals surface area contributed by atoms with Gasteiger partial charge in [-0.15, -0.1) is 0 Å². The molecule has 136 valence electrons. The van der Waals surface area contributed by atoms with Crippen LogP contribution in [0.5, 0.6) is 17.2 Å². The van der Waals surface area contributed by atoms with Gasteiger partial charge in [0.1, 0.15) is 0 Å². The van der Waals surface area contributed by atoms with E-state index in [-0.39, 0.29) is 11.9 Å². The van der Waals surface area contributed by atoms with E-state index in [0.717, 1.165) is 18.4 Å². The largest absolute Gasteiger partial charge is 0.493 e. The fourth-order valence-corrected chi connectivity index (χ4v) is 3.33. The molecule has 0 saturated heterocycles. The van der Waals surface area contributed by atoms with Crippen LogP contribution >= 0.6 is 0 Å². The van der Waals surface area contributed by atoms with E-state index in [2.05, 4.69) is 17.4 Å². The highest BCUT2D eigenvalue weighted by atomic mass is 16.5. The predicted octanol–water partition coefficient (Wildman–Crippen LogP) is 3.01. The van der Waals surface area contributed by atoms with E-state index in [0.29, 0.717) is 17.2 Å². The molecule has 1 amide bonds. The second-order valence-electron chi connectivity index (χ2n) is 6.14. The number of carbonyl (C=O) groups is 1. The van der Waals surface area contributed by atoms with Crippen LogP contribution in [0.15, 0.2) is 42.5 Å². The summed E-state index contributed by atoms with van der Waals surface area (Å²) in [6, 6.07) is 12.1. The van der Waals surface area contributed by atoms with Crippen molar-refractivity contribution < 1.29 is 19.0 Å². The molecule has 26 heavy (non-hydrogen) atoms. The lowest BCUT2D eigenvalue weighted by molar-refractivity contribution is -0.117. The molecule has 2 aromatic carbocycles. The fraction of sp³-hybridized carbons (Fsp3) is 0.286. The van der Waals surface area contributed by atoms with Crippen LogP contribution in [0.4, 0.5) is 0 Å². The normalized spacial score (nSPS) is 13.5. The maximum atomic E-state index is 12.3. The quantitative estimate of drug-likeness (QED) is 0.811. The molecule has 3 rings (SSSR count). The number of nitrogens with one attached hydrogen (secondary N) is 1. The van der Waals surface area contributed by atoms with Crippen LogP contribution in [0.2, 0.25) is 0 Å². The molecule has 1 aliphatic carbocycles. The van der Waals surface area contributed by atoms with E-state index in [1.54, 1.807) is 33.5 Å². The first-order valence-electron chi connectivity index (χ1n) is 8.50. The van der Waals surface area contributed by atoms with Gasteiger partial charge in [-0.25, -0.2) is 0 Å². The summed E-state index contributed by atoms with van der Waals surface area (Å²) < 4.78 is 16.1. The van der Waals surface area contributed by atoms with Crippen LogP contribution in [-0.4, -0.2) is 33.3 Å². The summed E-state index contributed by atoms with van der Waals surface area (Å²) in [5, 5.41) is 3.06. The molecular formula is C21H23NO4. The van der Waals surface area contributed by atoms with Crippen molar-refractivity contribution in [3.63, 3.8) is 0 Å². The van der Waals surface area contributed by atoms with E-state index in [4.69, 9.17) is 14.2 Å². The van der Waals surface area contributed by atoms with Crippen LogP contribution in [0.3, 0.4) is 0 Å². The predicted molar refractivity (Wildman–Crippen MR) is 101 cm³/mol. The van der Waals surface area contributed by atoms with Crippen LogP contribution in [0.25, 0.3) is 6.08 Å². The first-order valence-corrected chi connectivity index (χ1v) is 8.50. The summed E-state index contributed by atoms with van der Waals surface area (Å²) in [7, 11) is 4.68. The number of hydrogen-bond acceptors (Lipinski definition) is 4. The third-order valence-electron chi connectivity index (χ3n) is 4.55. The van der Waals surface area contributed by atoms with Gasteiger partial charge >= 0.3 is 0 Å². The first kappa shape index (κ1) is 17.9. The minimum absolute atomic E-state index is 0.125. The monoisotopic (exact) mass is 353 g/mol. The average molecular weight is 353 g/mol. The third kappa shape index (κ3) is 3.67. The average Bonchev–Trinajstić information content (AvgIpc) is 3.07. The molecule has 1 N–H and O–H groups in total. The van der Waals surface area contributed by atoms with E-state index >= 15 is 0 Å². The van der Waals surface area contributed by atoms with E-state index in [1.807, 2.05) is 18.2 Å². The van der Waals surface area contributed by atoms with Crippen molar-refractivity contribution in [2.45, 2.75) is 18.9 Å². The Morgan fingerprint density at radius 1 is 0.962 bits per heavy atom. The van der Waals surface area contributed by atoms with Gasteiger partial charge in [-0.3, -0.25) is 4.79 Å². The van der Waals surface area contributed by atoms with Crippen molar-refractivity contribution in [2.24, 2.45) is 0 Å². The number of ether oxygens (including phenoxy) is 3. The lowest BCUT2D eigenvalue weighted by Gasteiger charge is -2.14. The minimum atomic E-state index is -0.125. The maximum Gasteiger partial charge on any atom is 0.244 e. The van der Waals surface area contributed by atoms with E-state index in [1.165, 1.54) is 17.2 Å². The molecule has 0 aliphatic heterocycles. The molecule has 0 atom stereocenters. The number of rotatable bonds is 6. The summed E-state index contributed by atoms with van der Waals surface area (Å²) in [4.78, 5) is 12.3. The van der Waals surface area contributed by atoms with E-state index < -0.39 is 0 Å². The van der Waals surface area contributed by atoms with Gasteiger partial charge in [0.05, 0.1) is 21.3 Å². The third-order valence-corrected chi connectivity index (χ3v) is 4.55. The van der Waals surface area contributed by atoms with Gasteiger partial charge < -0.3 is 19.5 Å². The zero-order valence-electron chi connectivity index (χ0n) is 15.2. The smallest absolute Gasteiger partial charge is 0.244 e. The standard InChI is InChI=1S/C21H23NO4/c1-24-18-10-8-14(20(25-2)21(18)26-3)9-11-19(23)22-17-12-15-6-4-5-7-16(15)13-17/h4-11,17H,12-13H2,1-3H3,(H,22,23)/b11-9+. The van der Waals surface area contributed by atoms with Crippen molar-refractivity contribution in [1.82, 2.24) is 5.32 Å². The van der Waals surface area contributed by atoms with Crippen molar-refractivity contribution >= 4 is 12.0 Å². The van der Waals surface area contributed by atoms with Crippen molar-refractivity contribution in [3.05, 3.63) is 59.2 Å². The molecule has 5 nitrogen and oxygen atoms in total. The molecule has 0 unspecified atom stereocenters. The number of methoxy groups -OCH3 is 3. The molecule has 0 heterocycles. The fourth-order valence-electron chi connectivity index (χ4n) is 3.33. The summed E-state index contributed by atoms with van der Waals surface area (Å²) >= 11 is 0. The first-order chi connectivity index (χ1) is 12.7. The van der Waals surface area contributed by atoms with Crippen LogP contribution in [0.1, 0.15) is 16.7 Å². The lowest BCUT2D eigenvalue weighted by Crippen LogP contribution is -2.34. The molecule has 2 aromatic rings. The van der Waals surface area contributed by atoms with Crippen molar-refractivity contribution in [1.29, 1.82) is 0 Å². The summed E-state index contributed by atoms with van der Waals surface area (Å²) in [6.07, 6.45) is 4.98. The number of benzene rings is 2. The highest BCUT2D eigenvalue weighted by molar-refractivity contribution is 5.92. The molecule has 0 saturated carbocycles. The van der Waals surface area contributed by atoms with Crippen LogP contribution in [-0.2, 0) is 17.6 Å². The molecule has 1 aliphatic rings. The van der Waals surface area contributed by atoms with Gasteiger partial charge in [-0.05, 0) is 42.2 Å². The second kappa shape index (κ2) is 7.95. The number of hydrogen-bond donors (Lipinski definition) is 1. The Bertz CT molecular complexity index is 804. The van der Waals surface area contributed by atoms with Gasteiger partial charge in [0.2, 0.25) is 11.7 Å². The SMILES string of the molecule is COc1ccc(/C=C/C(=O)NC2Cc3ccccc3C2)c(OC)c1OC. The Kier molecular flexibility index (Phi) is 5.46. The van der Waals surface area contributed by atoms with Crippen molar-refractivity contribution in [2.75, 3.05) is 21.3 Å². The second-order valence-corrected chi connectivity index (χ2v) is 6.14. The Morgan fingerprint density at radius 2 is 1.62 bits per heavy atom. The van der Waals surface area contributed by atoms with Gasteiger partial charge in [0.15, 0.2) is 11.5 Å². The highest BCUT2D eigenvalue weighted by Crippen LogP contribution is 2.40. The molecule has 0 bridgehead atoms. The molecule has 0 fully saturated rings. The van der Waals surface area contributed by atoms with Gasteiger partial charge in [-0.2, -0.15) is 0 Å². The highest BCUT2D eigenvalue weighted by Gasteiger charge is 2.21. The number of fused-ring (bicyclic) bond motifs is 1. The van der Waals surface area contributed by atoms with E-state index in [9.17, 15) is 4.79 Å². The summed E-state index contributed by atoms with van der Waals surface area (Å²) in [5.41, 5.74) is 3.36. The Hall–Kier alpha value is -2.95. The topological polar surface area (TPSA) is 56.8 Å². The number of amides is 1. The van der Waals surface area contributed by atoms with Crippen LogP contribution < -0.4 is 19.5 Å². The molecular weight excluding hydrogens is 330 g/mol.